The fourth-order valence-electron chi connectivity index (χ4n) is 3.04. The van der Waals surface area contributed by atoms with E-state index in [1.807, 2.05) is 8.87 Å². The number of guanidine groups is 1. The predicted molar refractivity (Wildman–Crippen MR) is 127 cm³/mol. The molecule has 1 aromatic carbocycles. The van der Waals surface area contributed by atoms with E-state index in [0.717, 1.165) is 12.5 Å². The molecular weight excluding hydrogens is 501 g/mol. The summed E-state index contributed by atoms with van der Waals surface area (Å²) in [5, 5.41) is 0. The molecule has 0 saturated heterocycles. The van der Waals surface area contributed by atoms with E-state index in [0.29, 0.717) is 33.7 Å². The van der Waals surface area contributed by atoms with Crippen molar-refractivity contribution in [1.82, 2.24) is 18.6 Å². The highest BCUT2D eigenvalue weighted by atomic mass is 32.2. The van der Waals surface area contributed by atoms with Gasteiger partial charge in [-0.25, -0.2) is 13.1 Å². The smallest absolute Gasteiger partial charge is 0.267 e. The lowest BCUT2D eigenvalue weighted by Gasteiger charge is -2.24. The fraction of sp³-hybridized carbons (Fsp3) is 0.375. The van der Waals surface area contributed by atoms with E-state index in [4.69, 9.17) is 33.9 Å². The van der Waals surface area contributed by atoms with Crippen LogP contribution in [0.25, 0.3) is 0 Å². The normalized spacial score (nSPS) is 15.6. The Balaban J connectivity index is 1.50. The van der Waals surface area contributed by atoms with Crippen molar-refractivity contribution >= 4 is 74.2 Å². The van der Waals surface area contributed by atoms with Crippen molar-refractivity contribution in [3.8, 4) is 11.5 Å². The number of aliphatic imine (C=N–C) groups is 1. The number of hydrogen-bond acceptors (Lipinski definition) is 11. The summed E-state index contributed by atoms with van der Waals surface area (Å²) in [5.41, 5.74) is 0. The topological polar surface area (TPSA) is 101 Å². The standard InChI is InChI=1S/C16H18N6O4S5/c1-25-10-3-4-12(11(9-10)26-2)31(23,24)19-13-17-5-6-20(13)16(28)30-22-8-7-21-14(22)18-29-15(21)27/h3-4,9H,5-8H2,1-2H3,(H,17,19). The van der Waals surface area contributed by atoms with Crippen LogP contribution in [0.3, 0.4) is 0 Å². The molecule has 0 fully saturated rings. The van der Waals surface area contributed by atoms with Crippen molar-refractivity contribution in [2.75, 3.05) is 38.2 Å². The average molecular weight is 519 g/mol. The number of ether oxygens (including phenoxy) is 2. The van der Waals surface area contributed by atoms with E-state index in [-0.39, 0.29) is 16.6 Å². The summed E-state index contributed by atoms with van der Waals surface area (Å²) >= 11 is 13.4. The Morgan fingerprint density at radius 1 is 1.26 bits per heavy atom. The number of thiocarbonyl (C=S) groups is 1. The van der Waals surface area contributed by atoms with E-state index in [2.05, 4.69) is 14.1 Å². The van der Waals surface area contributed by atoms with E-state index in [9.17, 15) is 8.42 Å². The Labute approximate surface area is 198 Å². The lowest BCUT2D eigenvalue weighted by atomic mass is 10.3. The van der Waals surface area contributed by atoms with Crippen LogP contribution in [0.2, 0.25) is 0 Å². The molecule has 10 nitrogen and oxygen atoms in total. The number of hydrogen-bond donors (Lipinski definition) is 1. The van der Waals surface area contributed by atoms with Crippen LogP contribution in [0, 0.1) is 3.95 Å². The minimum absolute atomic E-state index is 0.0232. The number of fused-ring (bicyclic) bond motifs is 1. The van der Waals surface area contributed by atoms with Gasteiger partial charge in [0.2, 0.25) is 11.9 Å². The first-order valence-electron chi connectivity index (χ1n) is 8.97. The van der Waals surface area contributed by atoms with Gasteiger partial charge in [0.25, 0.3) is 10.0 Å². The number of rotatable bonds is 5. The highest BCUT2D eigenvalue weighted by Crippen LogP contribution is 2.31. The lowest BCUT2D eigenvalue weighted by Crippen LogP contribution is -2.44. The number of nitrogens with zero attached hydrogens (tertiary/aromatic N) is 5. The van der Waals surface area contributed by atoms with Gasteiger partial charge in [-0.15, -0.1) is 0 Å². The number of anilines is 1. The van der Waals surface area contributed by atoms with E-state index < -0.39 is 10.0 Å². The van der Waals surface area contributed by atoms with E-state index >= 15 is 0 Å². The van der Waals surface area contributed by atoms with Crippen molar-refractivity contribution in [3.63, 3.8) is 0 Å². The van der Waals surface area contributed by atoms with Gasteiger partial charge in [-0.3, -0.25) is 18.8 Å². The highest BCUT2D eigenvalue weighted by Gasteiger charge is 2.31. The van der Waals surface area contributed by atoms with Crippen molar-refractivity contribution in [1.29, 1.82) is 0 Å². The lowest BCUT2D eigenvalue weighted by molar-refractivity contribution is 0.386. The number of aromatic nitrogens is 2. The summed E-state index contributed by atoms with van der Waals surface area (Å²) in [6.07, 6.45) is 0. The largest absolute Gasteiger partial charge is 0.497 e. The van der Waals surface area contributed by atoms with Crippen LogP contribution >= 0.6 is 47.9 Å². The first-order chi connectivity index (χ1) is 14.8. The van der Waals surface area contributed by atoms with Gasteiger partial charge in [0.15, 0.2) is 8.27 Å². The van der Waals surface area contributed by atoms with Crippen LogP contribution in [0.4, 0.5) is 5.95 Å². The van der Waals surface area contributed by atoms with Gasteiger partial charge >= 0.3 is 0 Å². The van der Waals surface area contributed by atoms with Crippen LogP contribution < -0.4 is 18.5 Å². The predicted octanol–water partition coefficient (Wildman–Crippen LogP) is 2.09. The summed E-state index contributed by atoms with van der Waals surface area (Å²) in [5.74, 6) is 1.58. The first-order valence-corrected chi connectivity index (χ1v) is 12.8. The third kappa shape index (κ3) is 4.37. The molecule has 4 rings (SSSR count). The fourth-order valence-corrected chi connectivity index (χ4v) is 6.49. The summed E-state index contributed by atoms with van der Waals surface area (Å²) in [7, 11) is -1.07. The highest BCUT2D eigenvalue weighted by molar-refractivity contribution is 8.23. The molecule has 0 saturated carbocycles. The van der Waals surface area contributed by atoms with Gasteiger partial charge < -0.3 is 9.47 Å². The monoisotopic (exact) mass is 518 g/mol. The summed E-state index contributed by atoms with van der Waals surface area (Å²) in [4.78, 5) is 5.93. The SMILES string of the molecule is COc1ccc(S(=O)(=O)NC2=NCCN2C(=S)SN2CCn3c2nsc3=S)c(OC)c1. The summed E-state index contributed by atoms with van der Waals surface area (Å²) < 4.78 is 48.4. The van der Waals surface area contributed by atoms with Gasteiger partial charge in [0.1, 0.15) is 16.4 Å². The number of benzene rings is 1. The van der Waals surface area contributed by atoms with Gasteiger partial charge in [-0.2, -0.15) is 4.37 Å². The molecule has 166 valence electrons. The van der Waals surface area contributed by atoms with E-state index in [1.54, 1.807) is 11.0 Å². The zero-order valence-electron chi connectivity index (χ0n) is 16.5. The van der Waals surface area contributed by atoms with Crippen molar-refractivity contribution < 1.29 is 17.9 Å². The first kappa shape index (κ1) is 22.3. The van der Waals surface area contributed by atoms with Gasteiger partial charge in [-0.05, 0) is 35.9 Å². The minimum atomic E-state index is -3.96. The molecule has 2 aromatic rings. The van der Waals surface area contributed by atoms with Gasteiger partial charge in [-0.1, -0.05) is 12.2 Å². The van der Waals surface area contributed by atoms with Crippen LogP contribution in [-0.4, -0.2) is 66.4 Å². The Morgan fingerprint density at radius 2 is 2.06 bits per heavy atom. The van der Waals surface area contributed by atoms with Crippen molar-refractivity contribution in [3.05, 3.63) is 22.2 Å². The molecule has 0 atom stereocenters. The maximum atomic E-state index is 13.0. The molecule has 0 spiro atoms. The Morgan fingerprint density at radius 3 is 2.81 bits per heavy atom. The van der Waals surface area contributed by atoms with E-state index in [1.165, 1.54) is 49.8 Å². The molecule has 0 amide bonds. The second kappa shape index (κ2) is 8.90. The zero-order chi connectivity index (χ0) is 22.2. The zero-order valence-corrected chi connectivity index (χ0v) is 20.6. The third-order valence-electron chi connectivity index (χ3n) is 4.55. The van der Waals surface area contributed by atoms with Crippen LogP contribution in [0.1, 0.15) is 0 Å². The molecule has 31 heavy (non-hydrogen) atoms. The second-order valence-corrected chi connectivity index (χ2v) is 11.0. The average Bonchev–Trinajstić information content (AvgIpc) is 3.46. The molecule has 0 bridgehead atoms. The maximum absolute atomic E-state index is 13.0. The molecule has 0 radical (unpaired) electrons. The Kier molecular flexibility index (Phi) is 6.39. The molecule has 0 unspecified atom stereocenters. The molecule has 1 N–H and O–H groups in total. The van der Waals surface area contributed by atoms with Crippen LogP contribution in [0.5, 0.6) is 11.5 Å². The maximum Gasteiger partial charge on any atom is 0.267 e. The van der Waals surface area contributed by atoms with Crippen LogP contribution in [0.15, 0.2) is 28.1 Å². The second-order valence-electron chi connectivity index (χ2n) is 6.34. The third-order valence-corrected chi connectivity index (χ3v) is 8.38. The molecule has 15 heteroatoms. The molecular formula is C16H18N6O4S5. The molecule has 3 heterocycles. The summed E-state index contributed by atoms with van der Waals surface area (Å²) in [6, 6.07) is 4.48. The Bertz CT molecular complexity index is 1210. The summed E-state index contributed by atoms with van der Waals surface area (Å²) in [6.45, 7) is 2.34. The Hall–Kier alpha value is -1.94. The molecule has 2 aliphatic heterocycles. The number of nitrogens with one attached hydrogen (secondary N) is 1. The quantitative estimate of drug-likeness (QED) is 0.468. The number of sulfonamides is 1. The van der Waals surface area contributed by atoms with Crippen molar-refractivity contribution in [2.45, 2.75) is 11.4 Å². The molecule has 1 aromatic heterocycles. The minimum Gasteiger partial charge on any atom is -0.497 e. The van der Waals surface area contributed by atoms with Gasteiger partial charge in [0, 0.05) is 31.1 Å². The van der Waals surface area contributed by atoms with Crippen molar-refractivity contribution in [2.24, 2.45) is 4.99 Å². The molecule has 0 aliphatic carbocycles. The molecule has 2 aliphatic rings. The van der Waals surface area contributed by atoms with Crippen LogP contribution in [-0.2, 0) is 16.6 Å². The van der Waals surface area contributed by atoms with Gasteiger partial charge in [0.05, 0.1) is 27.3 Å². The number of methoxy groups -OCH3 is 2.